The van der Waals surface area contributed by atoms with E-state index in [2.05, 4.69) is 10.3 Å². The van der Waals surface area contributed by atoms with Gasteiger partial charge in [0.15, 0.2) is 0 Å². The molecule has 170 valence electrons. The van der Waals surface area contributed by atoms with Gasteiger partial charge in [-0.15, -0.1) is 0 Å². The van der Waals surface area contributed by atoms with Gasteiger partial charge in [-0.2, -0.15) is 0 Å². The number of nitrogens with one attached hydrogen (secondary N) is 1. The van der Waals surface area contributed by atoms with Gasteiger partial charge >= 0.3 is 0 Å². The second-order valence-corrected chi connectivity index (χ2v) is 9.48. The zero-order valence-corrected chi connectivity index (χ0v) is 19.1. The number of piperidine rings is 2. The molecule has 2 fully saturated rings. The van der Waals surface area contributed by atoms with Crippen LogP contribution in [0, 0.1) is 18.8 Å². The molecule has 3 heterocycles. The first-order valence-electron chi connectivity index (χ1n) is 11.8. The molecule has 1 aromatic heterocycles. The maximum atomic E-state index is 13.1. The molecule has 2 saturated heterocycles. The van der Waals surface area contributed by atoms with E-state index in [4.69, 9.17) is 0 Å². The molecule has 2 aliphatic rings. The molecule has 1 amide bonds. The number of likely N-dealkylation sites (tertiary alicyclic amines) is 1. The van der Waals surface area contributed by atoms with E-state index in [1.54, 1.807) is 19.3 Å². The van der Waals surface area contributed by atoms with Crippen molar-refractivity contribution in [3.05, 3.63) is 29.6 Å². The van der Waals surface area contributed by atoms with E-state index in [0.717, 1.165) is 62.9 Å². The summed E-state index contributed by atoms with van der Waals surface area (Å²) in [5, 5.41) is 3.37. The Kier molecular flexibility index (Phi) is 8.76. The van der Waals surface area contributed by atoms with Crippen molar-refractivity contribution in [1.29, 1.82) is 0 Å². The number of nitrogens with zero attached hydrogens (tertiary/aromatic N) is 2. The lowest BCUT2D eigenvalue weighted by atomic mass is 9.84. The van der Waals surface area contributed by atoms with Gasteiger partial charge in [-0.25, -0.2) is 0 Å². The minimum Gasteiger partial charge on any atom is -0.342 e. The van der Waals surface area contributed by atoms with Gasteiger partial charge in [-0.3, -0.25) is 14.6 Å². The predicted molar refractivity (Wildman–Crippen MR) is 121 cm³/mol. The summed E-state index contributed by atoms with van der Waals surface area (Å²) in [6.45, 7) is 6.94. The summed E-state index contributed by atoms with van der Waals surface area (Å²) >= 11 is 0. The second kappa shape index (κ2) is 11.5. The molecule has 2 aliphatic heterocycles. The lowest BCUT2D eigenvalue weighted by molar-refractivity contribution is -0.135. The first-order chi connectivity index (χ1) is 14.9. The lowest BCUT2D eigenvalue weighted by Crippen LogP contribution is -2.42. The van der Waals surface area contributed by atoms with Crippen molar-refractivity contribution in [3.8, 4) is 0 Å². The maximum absolute atomic E-state index is 13.1. The molecule has 0 radical (unpaired) electrons. The number of hydrogen-bond acceptors (Lipinski definition) is 5. The molecule has 6 nitrogen and oxygen atoms in total. The van der Waals surface area contributed by atoms with Crippen molar-refractivity contribution in [2.45, 2.75) is 71.1 Å². The average Bonchev–Trinajstić information content (AvgIpc) is 2.77. The Morgan fingerprint density at radius 3 is 2.65 bits per heavy atom. The lowest BCUT2D eigenvalue weighted by Gasteiger charge is -2.33. The van der Waals surface area contributed by atoms with Crippen LogP contribution in [0.4, 0.5) is 0 Å². The molecule has 6 heteroatoms. The van der Waals surface area contributed by atoms with Crippen LogP contribution < -0.4 is 5.32 Å². The van der Waals surface area contributed by atoms with Crippen molar-refractivity contribution in [1.82, 2.24) is 15.2 Å². The van der Waals surface area contributed by atoms with Crippen molar-refractivity contribution in [3.63, 3.8) is 0 Å². The summed E-state index contributed by atoms with van der Waals surface area (Å²) in [6.07, 6.45) is 9.79. The van der Waals surface area contributed by atoms with E-state index in [0.29, 0.717) is 31.7 Å². The fraction of sp³-hybridized carbons (Fsp3) is 0.680. The average molecular weight is 428 g/mol. The Labute approximate surface area is 186 Å². The number of Topliss-reactive ketones (excluding diaryl/α,β-unsaturated/α-hetero) is 2. The molecule has 2 atom stereocenters. The highest BCUT2D eigenvalue weighted by molar-refractivity contribution is 5.85. The highest BCUT2D eigenvalue weighted by Crippen LogP contribution is 2.29. The number of carbonyl (C=O) groups excluding carboxylic acids is 3. The van der Waals surface area contributed by atoms with Crippen molar-refractivity contribution in [2.24, 2.45) is 11.8 Å². The Hall–Kier alpha value is -2.08. The Morgan fingerprint density at radius 1 is 1.16 bits per heavy atom. The van der Waals surface area contributed by atoms with Crippen LogP contribution in [0.3, 0.4) is 0 Å². The van der Waals surface area contributed by atoms with E-state index in [-0.39, 0.29) is 29.3 Å². The van der Waals surface area contributed by atoms with Gasteiger partial charge in [0.2, 0.25) is 5.91 Å². The second-order valence-electron chi connectivity index (χ2n) is 9.48. The van der Waals surface area contributed by atoms with Crippen LogP contribution in [-0.4, -0.2) is 53.5 Å². The van der Waals surface area contributed by atoms with Crippen molar-refractivity contribution < 1.29 is 14.4 Å². The van der Waals surface area contributed by atoms with Gasteiger partial charge < -0.3 is 15.0 Å². The Morgan fingerprint density at radius 2 is 1.94 bits per heavy atom. The number of pyridine rings is 1. The summed E-state index contributed by atoms with van der Waals surface area (Å²) < 4.78 is 0. The monoisotopic (exact) mass is 427 g/mol. The molecule has 0 aromatic carbocycles. The van der Waals surface area contributed by atoms with Crippen LogP contribution in [0.5, 0.6) is 0 Å². The third-order valence-electron chi connectivity index (χ3n) is 6.80. The van der Waals surface area contributed by atoms with E-state index in [1.807, 2.05) is 17.9 Å². The molecule has 1 aromatic rings. The van der Waals surface area contributed by atoms with E-state index in [9.17, 15) is 14.4 Å². The first kappa shape index (κ1) is 23.6. The molecule has 3 rings (SSSR count). The molecular weight excluding hydrogens is 390 g/mol. The SMILES string of the molecule is CC(=O)C[C@H](CC(=O)[C@@H]1CCCN(C(=O)CCC2CCNCC2)C1)c1cncc(C)c1. The summed E-state index contributed by atoms with van der Waals surface area (Å²) in [4.78, 5) is 43.9. The number of aryl methyl sites for hydroxylation is 1. The number of ketones is 2. The van der Waals surface area contributed by atoms with Crippen molar-refractivity contribution >= 4 is 17.5 Å². The largest absolute Gasteiger partial charge is 0.342 e. The molecule has 1 N–H and O–H groups in total. The summed E-state index contributed by atoms with van der Waals surface area (Å²) in [5.41, 5.74) is 1.98. The van der Waals surface area contributed by atoms with E-state index >= 15 is 0 Å². The van der Waals surface area contributed by atoms with Gasteiger partial charge in [-0.1, -0.05) is 6.07 Å². The maximum Gasteiger partial charge on any atom is 0.222 e. The minimum atomic E-state index is -0.136. The third-order valence-corrected chi connectivity index (χ3v) is 6.80. The summed E-state index contributed by atoms with van der Waals surface area (Å²) in [6, 6.07) is 2.02. The molecule has 0 bridgehead atoms. The molecule has 31 heavy (non-hydrogen) atoms. The smallest absolute Gasteiger partial charge is 0.222 e. The van der Waals surface area contributed by atoms with Crippen LogP contribution in [0.1, 0.15) is 75.3 Å². The standard InChI is InChI=1S/C25H37N3O3/c1-18-12-23(16-27-15-18)22(13-19(2)29)14-24(30)21-4-3-11-28(17-21)25(31)6-5-20-7-9-26-10-8-20/h12,15-16,20-22,26H,3-11,13-14,17H2,1-2H3/t21-,22-/m1/s1. The number of carbonyl (C=O) groups is 3. The minimum absolute atomic E-state index is 0.0812. The third kappa shape index (κ3) is 7.23. The van der Waals surface area contributed by atoms with Gasteiger partial charge in [0, 0.05) is 50.7 Å². The van der Waals surface area contributed by atoms with Crippen LogP contribution >= 0.6 is 0 Å². The van der Waals surface area contributed by atoms with Crippen LogP contribution in [0.2, 0.25) is 0 Å². The zero-order chi connectivity index (χ0) is 22.2. The number of amides is 1. The molecule has 0 saturated carbocycles. The zero-order valence-electron chi connectivity index (χ0n) is 19.1. The van der Waals surface area contributed by atoms with E-state index < -0.39 is 0 Å². The summed E-state index contributed by atoms with van der Waals surface area (Å²) in [5.74, 6) is 0.829. The summed E-state index contributed by atoms with van der Waals surface area (Å²) in [7, 11) is 0. The Balaban J connectivity index is 1.55. The fourth-order valence-corrected chi connectivity index (χ4v) is 4.99. The van der Waals surface area contributed by atoms with Gasteiger partial charge in [0.25, 0.3) is 0 Å². The molecule has 0 spiro atoms. The van der Waals surface area contributed by atoms with Crippen LogP contribution in [0.15, 0.2) is 18.5 Å². The number of hydrogen-bond donors (Lipinski definition) is 1. The van der Waals surface area contributed by atoms with E-state index in [1.165, 1.54) is 0 Å². The van der Waals surface area contributed by atoms with Crippen LogP contribution in [0.25, 0.3) is 0 Å². The number of rotatable bonds is 9. The molecule has 0 unspecified atom stereocenters. The predicted octanol–water partition coefficient (Wildman–Crippen LogP) is 3.43. The highest BCUT2D eigenvalue weighted by Gasteiger charge is 2.30. The van der Waals surface area contributed by atoms with Crippen molar-refractivity contribution in [2.75, 3.05) is 26.2 Å². The van der Waals surface area contributed by atoms with Gasteiger partial charge in [0.1, 0.15) is 11.6 Å². The Bertz CT molecular complexity index is 773. The number of aromatic nitrogens is 1. The fourth-order valence-electron chi connectivity index (χ4n) is 4.99. The molecular formula is C25H37N3O3. The van der Waals surface area contributed by atoms with Gasteiger partial charge in [-0.05, 0) is 82.0 Å². The quantitative estimate of drug-likeness (QED) is 0.653. The topological polar surface area (TPSA) is 79.4 Å². The highest BCUT2D eigenvalue weighted by atomic mass is 16.2. The van der Waals surface area contributed by atoms with Gasteiger partial charge in [0.05, 0.1) is 0 Å². The normalized spacial score (nSPS) is 21.0. The first-order valence-corrected chi connectivity index (χ1v) is 11.8. The van der Waals surface area contributed by atoms with Crippen LogP contribution in [-0.2, 0) is 14.4 Å². The molecule has 0 aliphatic carbocycles.